The smallest absolute Gasteiger partial charge is 0.309 e. The monoisotopic (exact) mass is 642 g/mol. The van der Waals surface area contributed by atoms with Gasteiger partial charge in [0.2, 0.25) is 5.95 Å². The van der Waals surface area contributed by atoms with Crippen molar-refractivity contribution in [3.8, 4) is 5.75 Å². The van der Waals surface area contributed by atoms with E-state index in [1.165, 1.54) is 39.3 Å². The van der Waals surface area contributed by atoms with Gasteiger partial charge in [0, 0.05) is 42.7 Å². The Hall–Kier alpha value is -4.23. The third-order valence-corrected chi connectivity index (χ3v) is 8.28. The molecular formula is C31H36ClFN6O6. The minimum atomic E-state index is -1.39. The highest BCUT2D eigenvalue weighted by Gasteiger charge is 2.52. The predicted octanol–water partition coefficient (Wildman–Crippen LogP) is 6.31. The van der Waals surface area contributed by atoms with Crippen molar-refractivity contribution >= 4 is 52.1 Å². The number of ether oxygens (including phenoxy) is 2. The first-order chi connectivity index (χ1) is 21.0. The molecule has 2 fully saturated rings. The predicted molar refractivity (Wildman–Crippen MR) is 168 cm³/mol. The van der Waals surface area contributed by atoms with Crippen molar-refractivity contribution in [1.82, 2.24) is 9.97 Å². The zero-order valence-electron chi connectivity index (χ0n) is 25.9. The van der Waals surface area contributed by atoms with Crippen molar-refractivity contribution in [3.63, 3.8) is 0 Å². The van der Waals surface area contributed by atoms with Crippen LogP contribution in [0.4, 0.5) is 38.9 Å². The molecule has 2 aromatic carbocycles. The van der Waals surface area contributed by atoms with E-state index >= 15 is 0 Å². The molecule has 2 heterocycles. The molecule has 0 spiro atoms. The maximum Gasteiger partial charge on any atom is 0.309 e. The van der Waals surface area contributed by atoms with E-state index in [2.05, 4.69) is 20.6 Å². The number of hydrogen-bond donors (Lipinski definition) is 3. The van der Waals surface area contributed by atoms with Crippen LogP contribution in [0, 0.1) is 33.7 Å². The van der Waals surface area contributed by atoms with Gasteiger partial charge in [0.05, 0.1) is 34.3 Å². The fourth-order valence-corrected chi connectivity index (χ4v) is 6.04. The summed E-state index contributed by atoms with van der Waals surface area (Å²) in [6, 6.07) is 7.04. The molecule has 1 aliphatic heterocycles. The van der Waals surface area contributed by atoms with E-state index in [0.29, 0.717) is 36.6 Å². The van der Waals surface area contributed by atoms with Crippen molar-refractivity contribution in [2.45, 2.75) is 52.2 Å². The van der Waals surface area contributed by atoms with Gasteiger partial charge in [-0.25, -0.2) is 9.37 Å². The number of hydrogen-bond acceptors (Lipinski definition) is 11. The van der Waals surface area contributed by atoms with Gasteiger partial charge in [0.1, 0.15) is 28.7 Å². The second-order valence-electron chi connectivity index (χ2n) is 12.9. The largest absolute Gasteiger partial charge is 0.494 e. The van der Waals surface area contributed by atoms with E-state index in [1.807, 2.05) is 25.7 Å². The van der Waals surface area contributed by atoms with Crippen molar-refractivity contribution in [2.24, 2.45) is 17.8 Å². The third-order valence-electron chi connectivity index (χ3n) is 7.99. The lowest BCUT2D eigenvalue weighted by molar-refractivity contribution is -0.384. The summed E-state index contributed by atoms with van der Waals surface area (Å²) in [7, 11) is 1.46. The van der Waals surface area contributed by atoms with Gasteiger partial charge in [-0.15, -0.1) is 0 Å². The standard InChI is InChI=1S/C31H36ClFN6O6/c1-30(2,3)45-28(40)17-9-16-14-38(15-18(16)17)24-13-26(44-6)23(12-25(24)39(42)43)36-29-34-8-7-27(37-29)35-22-11-20(32)21(33)10-19(22)31(4,5)41/h7-8,10-13,16-18,41H,9,14-15H2,1-6H3,(H2,34,35,36,37)/t16-,17?,18+/m1/s1. The van der Waals surface area contributed by atoms with Crippen LogP contribution in [0.3, 0.4) is 0 Å². The summed E-state index contributed by atoms with van der Waals surface area (Å²) >= 11 is 6.00. The molecule has 1 aromatic heterocycles. The summed E-state index contributed by atoms with van der Waals surface area (Å²) in [5.41, 5.74) is -0.852. The van der Waals surface area contributed by atoms with Crippen molar-refractivity contribution in [3.05, 3.63) is 63.0 Å². The number of halogens is 2. The van der Waals surface area contributed by atoms with Gasteiger partial charge in [0.25, 0.3) is 5.69 Å². The fourth-order valence-electron chi connectivity index (χ4n) is 5.88. The first-order valence-electron chi connectivity index (χ1n) is 14.5. The van der Waals surface area contributed by atoms with Gasteiger partial charge in [-0.05, 0) is 71.1 Å². The Morgan fingerprint density at radius 1 is 1.16 bits per heavy atom. The number of esters is 1. The molecule has 2 aliphatic rings. The highest BCUT2D eigenvalue weighted by Crippen LogP contribution is 2.50. The Balaban J connectivity index is 1.38. The molecule has 0 radical (unpaired) electrons. The number of nitrogens with zero attached hydrogens (tertiary/aromatic N) is 4. The van der Waals surface area contributed by atoms with Crippen LogP contribution in [-0.2, 0) is 15.1 Å². The zero-order valence-corrected chi connectivity index (χ0v) is 26.6. The van der Waals surface area contributed by atoms with Crippen molar-refractivity contribution in [1.29, 1.82) is 0 Å². The average molecular weight is 643 g/mol. The van der Waals surface area contributed by atoms with Crippen LogP contribution in [-0.4, -0.2) is 51.8 Å². The highest BCUT2D eigenvalue weighted by molar-refractivity contribution is 6.31. The van der Waals surface area contributed by atoms with Crippen molar-refractivity contribution < 1.29 is 28.7 Å². The van der Waals surface area contributed by atoms with Gasteiger partial charge in [-0.3, -0.25) is 14.9 Å². The van der Waals surface area contributed by atoms with E-state index in [-0.39, 0.29) is 57.5 Å². The van der Waals surface area contributed by atoms with Crippen LogP contribution >= 0.6 is 11.6 Å². The summed E-state index contributed by atoms with van der Waals surface area (Å²) < 4.78 is 25.4. The number of nitrogens with one attached hydrogen (secondary N) is 2. The molecule has 1 unspecified atom stereocenters. The molecule has 1 aliphatic carbocycles. The summed E-state index contributed by atoms with van der Waals surface area (Å²) in [6.45, 7) is 9.60. The van der Waals surface area contributed by atoms with E-state index in [9.17, 15) is 24.4 Å². The van der Waals surface area contributed by atoms with Gasteiger partial charge >= 0.3 is 5.97 Å². The zero-order chi connectivity index (χ0) is 32.8. The minimum absolute atomic E-state index is 0.0554. The SMILES string of the molecule is COc1cc(N2C[C@H]3CC(C(=O)OC(C)(C)C)[C@H]3C2)c([N+](=O)[O-])cc1Nc1nccc(Nc2cc(Cl)c(F)cc2C(C)(C)O)n1. The summed E-state index contributed by atoms with van der Waals surface area (Å²) in [5, 5.41) is 28.7. The van der Waals surface area contributed by atoms with Gasteiger partial charge < -0.3 is 30.1 Å². The van der Waals surface area contributed by atoms with Crippen LogP contribution < -0.4 is 20.3 Å². The number of nitro groups is 1. The fraction of sp³-hybridized carbons (Fsp3) is 0.452. The molecule has 1 saturated carbocycles. The highest BCUT2D eigenvalue weighted by atomic mass is 35.5. The topological polar surface area (TPSA) is 152 Å². The number of anilines is 5. The summed E-state index contributed by atoms with van der Waals surface area (Å²) in [4.78, 5) is 35.1. The number of aromatic nitrogens is 2. The molecule has 14 heteroatoms. The number of benzene rings is 2. The maximum atomic E-state index is 14.2. The van der Waals surface area contributed by atoms with Crippen LogP contribution in [0.5, 0.6) is 5.75 Å². The molecule has 240 valence electrons. The van der Waals surface area contributed by atoms with Crippen LogP contribution in [0.15, 0.2) is 36.5 Å². The lowest BCUT2D eigenvalue weighted by atomic mass is 9.67. The normalized spacial score (nSPS) is 19.4. The molecule has 3 atom stereocenters. The van der Waals surface area contributed by atoms with Gasteiger partial charge in [0.15, 0.2) is 0 Å². The number of carbonyl (C=O) groups is 1. The number of aliphatic hydroxyl groups is 1. The molecule has 0 bridgehead atoms. The number of carbonyl (C=O) groups excluding carboxylic acids is 1. The van der Waals surface area contributed by atoms with E-state index in [4.69, 9.17) is 21.1 Å². The first-order valence-corrected chi connectivity index (χ1v) is 14.8. The van der Waals surface area contributed by atoms with E-state index in [0.717, 1.165) is 6.07 Å². The molecule has 3 N–H and O–H groups in total. The number of fused-ring (bicyclic) bond motifs is 1. The van der Waals surface area contributed by atoms with E-state index in [1.54, 1.807) is 12.1 Å². The van der Waals surface area contributed by atoms with E-state index < -0.39 is 21.9 Å². The molecule has 45 heavy (non-hydrogen) atoms. The second kappa shape index (κ2) is 11.9. The Bertz CT molecular complexity index is 1640. The molecule has 3 aromatic rings. The van der Waals surface area contributed by atoms with Crippen LogP contribution in [0.1, 0.15) is 46.6 Å². The lowest BCUT2D eigenvalue weighted by Crippen LogP contribution is -2.43. The number of methoxy groups -OCH3 is 1. The second-order valence-corrected chi connectivity index (χ2v) is 13.3. The number of nitro benzene ring substituents is 1. The molecule has 1 saturated heterocycles. The minimum Gasteiger partial charge on any atom is -0.494 e. The van der Waals surface area contributed by atoms with Crippen LogP contribution in [0.25, 0.3) is 0 Å². The summed E-state index contributed by atoms with van der Waals surface area (Å²) in [5.74, 6) is -0.128. The summed E-state index contributed by atoms with van der Waals surface area (Å²) in [6.07, 6.45) is 2.15. The average Bonchev–Trinajstić information content (AvgIpc) is 3.24. The maximum absolute atomic E-state index is 14.2. The first kappa shape index (κ1) is 32.2. The number of rotatable bonds is 9. The Morgan fingerprint density at radius 2 is 1.89 bits per heavy atom. The van der Waals surface area contributed by atoms with Crippen LogP contribution in [0.2, 0.25) is 5.02 Å². The Morgan fingerprint density at radius 3 is 2.53 bits per heavy atom. The molecular weight excluding hydrogens is 607 g/mol. The van der Waals surface area contributed by atoms with Crippen molar-refractivity contribution in [2.75, 3.05) is 35.7 Å². The quantitative estimate of drug-likeness (QED) is 0.137. The Labute approximate surface area is 265 Å². The van der Waals surface area contributed by atoms with Gasteiger partial charge in [-0.2, -0.15) is 4.98 Å². The molecule has 0 amide bonds. The molecule has 12 nitrogen and oxygen atoms in total. The third kappa shape index (κ3) is 6.89. The Kier molecular flexibility index (Phi) is 8.53. The lowest BCUT2D eigenvalue weighted by Gasteiger charge is -2.38. The molecule has 5 rings (SSSR count). The van der Waals surface area contributed by atoms with Gasteiger partial charge in [-0.1, -0.05) is 11.6 Å².